The fourth-order valence-corrected chi connectivity index (χ4v) is 3.14. The average Bonchev–Trinajstić information content (AvgIpc) is 2.35. The van der Waals surface area contributed by atoms with Gasteiger partial charge in [-0.05, 0) is 39.7 Å². The molecule has 2 aliphatic rings. The molecule has 1 fully saturated rings. The lowest BCUT2D eigenvalue weighted by molar-refractivity contribution is -0.152. The van der Waals surface area contributed by atoms with Crippen molar-refractivity contribution in [3.63, 3.8) is 0 Å². The number of Topliss-reactive ketones (excluding diaryl/α,β-unsaturated/α-hetero) is 1. The first kappa shape index (κ1) is 14.0. The molecule has 0 aromatic rings. The standard InChI is InChI=1S/C15H20O4/c1-4-19-13(17)11-8-7-10(2)14(3)12(16)6-5-9-15(11,14)18/h7-8,18H,4-6,9H2,1-3H3/t14-,15+/m0/s1. The molecular weight excluding hydrogens is 244 g/mol. The number of hydrogen-bond donors (Lipinski definition) is 1. The van der Waals surface area contributed by atoms with Gasteiger partial charge >= 0.3 is 5.97 Å². The summed E-state index contributed by atoms with van der Waals surface area (Å²) in [6, 6.07) is 0. The van der Waals surface area contributed by atoms with E-state index in [0.29, 0.717) is 19.3 Å². The zero-order valence-electron chi connectivity index (χ0n) is 11.7. The predicted octanol–water partition coefficient (Wildman–Crippen LogP) is 1.93. The quantitative estimate of drug-likeness (QED) is 0.774. The summed E-state index contributed by atoms with van der Waals surface area (Å²) in [5.74, 6) is -0.542. The van der Waals surface area contributed by atoms with Crippen molar-refractivity contribution >= 4 is 11.8 Å². The fraction of sp³-hybridized carbons (Fsp3) is 0.600. The molecule has 4 nitrogen and oxygen atoms in total. The number of allylic oxidation sites excluding steroid dienone is 2. The van der Waals surface area contributed by atoms with Crippen molar-refractivity contribution in [3.8, 4) is 0 Å². The summed E-state index contributed by atoms with van der Waals surface area (Å²) >= 11 is 0. The highest BCUT2D eigenvalue weighted by Crippen LogP contribution is 2.52. The Labute approximate surface area is 113 Å². The maximum absolute atomic E-state index is 12.3. The number of ketones is 1. The molecular formula is C15H20O4. The summed E-state index contributed by atoms with van der Waals surface area (Å²) in [6.07, 6.45) is 4.78. The maximum atomic E-state index is 12.3. The monoisotopic (exact) mass is 264 g/mol. The van der Waals surface area contributed by atoms with Crippen molar-refractivity contribution in [1.29, 1.82) is 0 Å². The molecule has 2 aliphatic carbocycles. The summed E-state index contributed by atoms with van der Waals surface area (Å²) in [4.78, 5) is 24.3. The van der Waals surface area contributed by atoms with Crippen molar-refractivity contribution in [2.75, 3.05) is 6.61 Å². The van der Waals surface area contributed by atoms with Crippen LogP contribution < -0.4 is 0 Å². The van der Waals surface area contributed by atoms with Crippen LogP contribution >= 0.6 is 0 Å². The molecule has 0 bridgehead atoms. The Bertz CT molecular complexity index is 488. The summed E-state index contributed by atoms with van der Waals surface area (Å²) in [5, 5.41) is 11.0. The van der Waals surface area contributed by atoms with Crippen molar-refractivity contribution in [3.05, 3.63) is 23.3 Å². The van der Waals surface area contributed by atoms with Gasteiger partial charge in [0, 0.05) is 6.42 Å². The van der Waals surface area contributed by atoms with Crippen LogP contribution in [-0.2, 0) is 14.3 Å². The molecule has 1 saturated carbocycles. The van der Waals surface area contributed by atoms with Crippen molar-refractivity contribution in [2.24, 2.45) is 5.41 Å². The number of carbonyl (C=O) groups is 2. The second-order valence-electron chi connectivity index (χ2n) is 5.41. The highest BCUT2D eigenvalue weighted by Gasteiger charge is 2.59. The third-order valence-corrected chi connectivity index (χ3v) is 4.56. The third kappa shape index (κ3) is 1.77. The SMILES string of the molecule is CCOC(=O)C1=CC=C(C)[C@@]2(C)C(=O)CCC[C@@]12O. The van der Waals surface area contributed by atoms with Gasteiger partial charge in [0.05, 0.1) is 17.6 Å². The molecule has 19 heavy (non-hydrogen) atoms. The van der Waals surface area contributed by atoms with Gasteiger partial charge in [0.2, 0.25) is 0 Å². The summed E-state index contributed by atoms with van der Waals surface area (Å²) in [5.41, 5.74) is -1.45. The molecule has 0 amide bonds. The van der Waals surface area contributed by atoms with E-state index in [1.165, 1.54) is 0 Å². The number of hydrogen-bond acceptors (Lipinski definition) is 4. The molecule has 0 radical (unpaired) electrons. The van der Waals surface area contributed by atoms with Gasteiger partial charge in [0.15, 0.2) is 0 Å². The van der Waals surface area contributed by atoms with Gasteiger partial charge < -0.3 is 9.84 Å². The number of ether oxygens (including phenoxy) is 1. The Kier molecular flexibility index (Phi) is 3.39. The van der Waals surface area contributed by atoms with Gasteiger partial charge in [-0.2, -0.15) is 0 Å². The minimum absolute atomic E-state index is 0.00935. The molecule has 2 atom stereocenters. The van der Waals surface area contributed by atoms with E-state index >= 15 is 0 Å². The van der Waals surface area contributed by atoms with E-state index in [1.807, 2.05) is 6.92 Å². The smallest absolute Gasteiger partial charge is 0.336 e. The molecule has 0 aromatic carbocycles. The van der Waals surface area contributed by atoms with Crippen molar-refractivity contribution < 1.29 is 19.4 Å². The minimum atomic E-state index is -1.44. The van der Waals surface area contributed by atoms with Crippen LogP contribution in [0.25, 0.3) is 0 Å². The topological polar surface area (TPSA) is 63.6 Å². The molecule has 1 N–H and O–H groups in total. The lowest BCUT2D eigenvalue weighted by atomic mass is 9.55. The van der Waals surface area contributed by atoms with Crippen LogP contribution in [0.2, 0.25) is 0 Å². The van der Waals surface area contributed by atoms with Crippen LogP contribution in [0.3, 0.4) is 0 Å². The van der Waals surface area contributed by atoms with Crippen LogP contribution in [0.4, 0.5) is 0 Å². The maximum Gasteiger partial charge on any atom is 0.336 e. The summed E-state index contributed by atoms with van der Waals surface area (Å²) in [6.45, 7) is 5.52. The zero-order valence-corrected chi connectivity index (χ0v) is 11.7. The first-order valence-corrected chi connectivity index (χ1v) is 6.70. The van der Waals surface area contributed by atoms with Gasteiger partial charge in [0.1, 0.15) is 11.4 Å². The van der Waals surface area contributed by atoms with Gasteiger partial charge in [-0.25, -0.2) is 4.79 Å². The van der Waals surface area contributed by atoms with E-state index in [-0.39, 0.29) is 18.0 Å². The van der Waals surface area contributed by atoms with Gasteiger partial charge in [0.25, 0.3) is 0 Å². The van der Waals surface area contributed by atoms with E-state index in [0.717, 1.165) is 5.57 Å². The van der Waals surface area contributed by atoms with Crippen LogP contribution in [0.15, 0.2) is 23.3 Å². The van der Waals surface area contributed by atoms with E-state index < -0.39 is 17.0 Å². The lowest BCUT2D eigenvalue weighted by Gasteiger charge is -2.50. The Morgan fingerprint density at radius 3 is 2.79 bits per heavy atom. The first-order valence-electron chi connectivity index (χ1n) is 6.70. The molecule has 0 aromatic heterocycles. The molecule has 0 aliphatic heterocycles. The highest BCUT2D eigenvalue weighted by atomic mass is 16.5. The normalized spacial score (nSPS) is 34.2. The summed E-state index contributed by atoms with van der Waals surface area (Å²) in [7, 11) is 0. The molecule has 0 saturated heterocycles. The zero-order chi connectivity index (χ0) is 14.3. The third-order valence-electron chi connectivity index (χ3n) is 4.56. The number of aliphatic hydroxyl groups is 1. The fourth-order valence-electron chi connectivity index (χ4n) is 3.14. The molecule has 0 spiro atoms. The lowest BCUT2D eigenvalue weighted by Crippen LogP contribution is -2.58. The molecule has 0 heterocycles. The van der Waals surface area contributed by atoms with E-state index in [1.54, 1.807) is 26.0 Å². The Hall–Kier alpha value is -1.42. The predicted molar refractivity (Wildman–Crippen MR) is 70.4 cm³/mol. The molecule has 4 heteroatoms. The average molecular weight is 264 g/mol. The Morgan fingerprint density at radius 1 is 1.47 bits per heavy atom. The van der Waals surface area contributed by atoms with Crippen LogP contribution in [0.5, 0.6) is 0 Å². The number of fused-ring (bicyclic) bond motifs is 1. The van der Waals surface area contributed by atoms with Gasteiger partial charge in [-0.1, -0.05) is 11.6 Å². The van der Waals surface area contributed by atoms with E-state index in [9.17, 15) is 14.7 Å². The Balaban J connectivity index is 2.53. The second kappa shape index (κ2) is 4.60. The molecule has 0 unspecified atom stereocenters. The highest BCUT2D eigenvalue weighted by molar-refractivity contribution is 5.98. The van der Waals surface area contributed by atoms with Crippen LogP contribution in [0.1, 0.15) is 40.0 Å². The van der Waals surface area contributed by atoms with Crippen LogP contribution in [-0.4, -0.2) is 29.1 Å². The second-order valence-corrected chi connectivity index (χ2v) is 5.41. The number of esters is 1. The van der Waals surface area contributed by atoms with Crippen molar-refractivity contribution in [1.82, 2.24) is 0 Å². The number of rotatable bonds is 2. The van der Waals surface area contributed by atoms with Gasteiger partial charge in [-0.3, -0.25) is 4.79 Å². The molecule has 2 rings (SSSR count). The largest absolute Gasteiger partial charge is 0.463 e. The first-order chi connectivity index (χ1) is 8.88. The van der Waals surface area contributed by atoms with Crippen molar-refractivity contribution in [2.45, 2.75) is 45.6 Å². The van der Waals surface area contributed by atoms with Crippen LogP contribution in [0, 0.1) is 5.41 Å². The van der Waals surface area contributed by atoms with E-state index in [4.69, 9.17) is 4.74 Å². The minimum Gasteiger partial charge on any atom is -0.463 e. The van der Waals surface area contributed by atoms with E-state index in [2.05, 4.69) is 0 Å². The summed E-state index contributed by atoms with van der Waals surface area (Å²) < 4.78 is 5.00. The Morgan fingerprint density at radius 2 is 2.16 bits per heavy atom. The number of carbonyl (C=O) groups excluding carboxylic acids is 2. The van der Waals surface area contributed by atoms with Gasteiger partial charge in [-0.15, -0.1) is 0 Å². The molecule has 104 valence electrons.